The average Bonchev–Trinajstić information content (AvgIpc) is 2.57. The molecule has 6 heteroatoms. The number of benzene rings is 2. The van der Waals surface area contributed by atoms with Gasteiger partial charge in [0.05, 0.1) is 11.2 Å². The number of hydrogen-bond acceptors (Lipinski definition) is 4. The van der Waals surface area contributed by atoms with E-state index in [0.29, 0.717) is 5.56 Å². The number of amides is 1. The first kappa shape index (κ1) is 16.6. The summed E-state index contributed by atoms with van der Waals surface area (Å²) in [6.45, 7) is 5.98. The molecule has 6 nitrogen and oxygen atoms in total. The molecule has 25 heavy (non-hydrogen) atoms. The molecule has 0 saturated carbocycles. The van der Waals surface area contributed by atoms with Crippen molar-refractivity contribution in [1.82, 2.24) is 15.3 Å². The van der Waals surface area contributed by atoms with E-state index in [1.54, 1.807) is 24.3 Å². The number of aromatic nitrogens is 2. The first-order valence-electron chi connectivity index (χ1n) is 7.90. The van der Waals surface area contributed by atoms with Crippen LogP contribution in [-0.4, -0.2) is 21.8 Å². The smallest absolute Gasteiger partial charge is 0.257 e. The van der Waals surface area contributed by atoms with Crippen molar-refractivity contribution in [1.29, 1.82) is 0 Å². The summed E-state index contributed by atoms with van der Waals surface area (Å²) in [5.41, 5.74) is 10.3. The Bertz CT molecular complexity index is 980. The minimum absolute atomic E-state index is 0.0450. The van der Waals surface area contributed by atoms with Crippen LogP contribution in [0.25, 0.3) is 10.9 Å². The van der Waals surface area contributed by atoms with Crippen LogP contribution in [0.2, 0.25) is 0 Å². The normalized spacial score (nSPS) is 11.6. The molecule has 0 atom stereocenters. The van der Waals surface area contributed by atoms with Gasteiger partial charge in [-0.2, -0.15) is 4.99 Å². The van der Waals surface area contributed by atoms with Crippen molar-refractivity contribution in [2.75, 3.05) is 0 Å². The molecule has 2 aromatic carbocycles. The van der Waals surface area contributed by atoms with E-state index in [4.69, 9.17) is 5.73 Å². The van der Waals surface area contributed by atoms with E-state index < -0.39 is 0 Å². The van der Waals surface area contributed by atoms with Crippen molar-refractivity contribution < 1.29 is 4.79 Å². The van der Waals surface area contributed by atoms with Crippen LogP contribution in [0.5, 0.6) is 0 Å². The van der Waals surface area contributed by atoms with Gasteiger partial charge in [-0.25, -0.2) is 9.97 Å². The number of carbonyl (C=O) groups excluding carboxylic acids is 1. The maximum atomic E-state index is 12.1. The lowest BCUT2D eigenvalue weighted by molar-refractivity contribution is 0.0976. The third-order valence-electron chi connectivity index (χ3n) is 3.99. The van der Waals surface area contributed by atoms with Crippen molar-refractivity contribution >= 4 is 28.7 Å². The summed E-state index contributed by atoms with van der Waals surface area (Å²) >= 11 is 0. The van der Waals surface area contributed by atoms with Crippen molar-refractivity contribution in [2.45, 2.75) is 20.8 Å². The third-order valence-corrected chi connectivity index (χ3v) is 3.99. The number of carbonyl (C=O) groups is 1. The lowest BCUT2D eigenvalue weighted by atomic mass is 10.1. The number of nitrogens with zero attached hydrogens (tertiary/aromatic N) is 3. The molecule has 0 saturated heterocycles. The number of aryl methyl sites for hydroxylation is 3. The summed E-state index contributed by atoms with van der Waals surface area (Å²) in [7, 11) is 0. The molecule has 0 fully saturated rings. The summed E-state index contributed by atoms with van der Waals surface area (Å²) in [6, 6.07) is 12.9. The van der Waals surface area contributed by atoms with Crippen LogP contribution >= 0.6 is 0 Å². The molecule has 0 radical (unpaired) electrons. The Hall–Kier alpha value is -3.28. The van der Waals surface area contributed by atoms with Gasteiger partial charge in [0.25, 0.3) is 11.9 Å². The van der Waals surface area contributed by atoms with Crippen LogP contribution < -0.4 is 11.1 Å². The highest BCUT2D eigenvalue weighted by Crippen LogP contribution is 2.22. The van der Waals surface area contributed by atoms with E-state index in [0.717, 1.165) is 22.2 Å². The highest BCUT2D eigenvalue weighted by molar-refractivity contribution is 6.05. The Labute approximate surface area is 145 Å². The molecule has 0 unspecified atom stereocenters. The number of guanidine groups is 1. The van der Waals surface area contributed by atoms with Gasteiger partial charge in [-0.15, -0.1) is 0 Å². The lowest BCUT2D eigenvalue weighted by Crippen LogP contribution is -2.36. The summed E-state index contributed by atoms with van der Waals surface area (Å²) in [5.74, 6) is -0.151. The predicted molar refractivity (Wildman–Crippen MR) is 98.9 cm³/mol. The molecule has 1 heterocycles. The molecule has 0 aliphatic heterocycles. The minimum atomic E-state index is -0.328. The van der Waals surface area contributed by atoms with Gasteiger partial charge >= 0.3 is 0 Å². The standard InChI is InChI=1S/C19H19N5O/c1-11-9-15-13(3)21-19(22-16(15)10-12(11)2)24-18(20)23-17(25)14-7-5-4-6-8-14/h4-10H,1-3H3,(H3,20,21,22,23,24,25). The molecule has 0 bridgehead atoms. The highest BCUT2D eigenvalue weighted by Gasteiger charge is 2.09. The van der Waals surface area contributed by atoms with E-state index in [1.807, 2.05) is 26.0 Å². The Balaban J connectivity index is 1.89. The first-order valence-corrected chi connectivity index (χ1v) is 7.90. The summed E-state index contributed by atoms with van der Waals surface area (Å²) in [5, 5.41) is 3.52. The van der Waals surface area contributed by atoms with Gasteiger partial charge in [0.15, 0.2) is 0 Å². The van der Waals surface area contributed by atoms with E-state index >= 15 is 0 Å². The number of rotatable bonds is 2. The second kappa shape index (κ2) is 6.68. The number of fused-ring (bicyclic) bond motifs is 1. The maximum absolute atomic E-state index is 12.1. The summed E-state index contributed by atoms with van der Waals surface area (Å²) < 4.78 is 0. The topological polar surface area (TPSA) is 93.3 Å². The van der Waals surface area contributed by atoms with E-state index in [-0.39, 0.29) is 17.8 Å². The molecule has 3 N–H and O–H groups in total. The number of nitrogens with two attached hydrogens (primary N) is 1. The zero-order valence-corrected chi connectivity index (χ0v) is 14.4. The fourth-order valence-corrected chi connectivity index (χ4v) is 2.49. The van der Waals surface area contributed by atoms with Crippen molar-refractivity contribution in [3.05, 3.63) is 64.8 Å². The Morgan fingerprint density at radius 1 is 1.04 bits per heavy atom. The van der Waals surface area contributed by atoms with Gasteiger partial charge in [-0.3, -0.25) is 10.1 Å². The van der Waals surface area contributed by atoms with Crippen LogP contribution in [0, 0.1) is 20.8 Å². The van der Waals surface area contributed by atoms with E-state index in [9.17, 15) is 4.79 Å². The van der Waals surface area contributed by atoms with Crippen molar-refractivity contribution in [3.63, 3.8) is 0 Å². The van der Waals surface area contributed by atoms with Gasteiger partial charge in [-0.1, -0.05) is 18.2 Å². The van der Waals surface area contributed by atoms with Crippen LogP contribution in [0.3, 0.4) is 0 Å². The molecular formula is C19H19N5O. The number of hydrogen-bond donors (Lipinski definition) is 2. The van der Waals surface area contributed by atoms with E-state index in [2.05, 4.69) is 33.3 Å². The molecule has 0 aliphatic rings. The van der Waals surface area contributed by atoms with Gasteiger partial charge in [-0.05, 0) is 56.2 Å². The monoisotopic (exact) mass is 333 g/mol. The van der Waals surface area contributed by atoms with Gasteiger partial charge < -0.3 is 5.73 Å². The highest BCUT2D eigenvalue weighted by atomic mass is 16.1. The largest absolute Gasteiger partial charge is 0.369 e. The van der Waals surface area contributed by atoms with Gasteiger partial charge in [0.2, 0.25) is 5.96 Å². The summed E-state index contributed by atoms with van der Waals surface area (Å²) in [6.07, 6.45) is 0. The van der Waals surface area contributed by atoms with Crippen LogP contribution in [0.4, 0.5) is 5.95 Å². The molecule has 126 valence electrons. The molecule has 1 amide bonds. The molecule has 0 spiro atoms. The number of aliphatic imine (C=N–C) groups is 1. The minimum Gasteiger partial charge on any atom is -0.369 e. The first-order chi connectivity index (χ1) is 11.9. The quantitative estimate of drug-likeness (QED) is 0.557. The Morgan fingerprint density at radius 3 is 2.44 bits per heavy atom. The van der Waals surface area contributed by atoms with Crippen LogP contribution in [0.1, 0.15) is 27.2 Å². The zero-order valence-electron chi connectivity index (χ0n) is 14.4. The second-order valence-corrected chi connectivity index (χ2v) is 5.88. The Kier molecular flexibility index (Phi) is 4.43. The lowest BCUT2D eigenvalue weighted by Gasteiger charge is -2.07. The van der Waals surface area contributed by atoms with Crippen molar-refractivity contribution in [2.24, 2.45) is 10.7 Å². The molecular weight excluding hydrogens is 314 g/mol. The predicted octanol–water partition coefficient (Wildman–Crippen LogP) is 2.93. The SMILES string of the molecule is Cc1cc2nc(/N=C(\N)NC(=O)c3ccccc3)nc(C)c2cc1C. The number of nitrogens with one attached hydrogen (secondary N) is 1. The van der Waals surface area contributed by atoms with Gasteiger partial charge in [0, 0.05) is 10.9 Å². The molecule has 1 aromatic heterocycles. The third kappa shape index (κ3) is 3.63. The molecule has 3 aromatic rings. The van der Waals surface area contributed by atoms with Crippen LogP contribution in [-0.2, 0) is 0 Å². The molecule has 3 rings (SSSR count). The Morgan fingerprint density at radius 2 is 1.72 bits per heavy atom. The summed E-state index contributed by atoms with van der Waals surface area (Å²) in [4.78, 5) is 25.0. The average molecular weight is 333 g/mol. The molecule has 0 aliphatic carbocycles. The zero-order chi connectivity index (χ0) is 18.0. The fourth-order valence-electron chi connectivity index (χ4n) is 2.49. The second-order valence-electron chi connectivity index (χ2n) is 5.88. The fraction of sp³-hybridized carbons (Fsp3) is 0.158. The maximum Gasteiger partial charge on any atom is 0.257 e. The van der Waals surface area contributed by atoms with Crippen LogP contribution in [0.15, 0.2) is 47.5 Å². The van der Waals surface area contributed by atoms with Crippen molar-refractivity contribution in [3.8, 4) is 0 Å². The van der Waals surface area contributed by atoms with Gasteiger partial charge in [0.1, 0.15) is 0 Å². The van der Waals surface area contributed by atoms with E-state index in [1.165, 1.54) is 5.56 Å².